The maximum atomic E-state index is 14.5. The Hall–Kier alpha value is -4.99. The molecule has 3 N–H and O–H groups in total. The lowest BCUT2D eigenvalue weighted by Gasteiger charge is -2.30. The summed E-state index contributed by atoms with van der Waals surface area (Å²) in [5.41, 5.74) is 0.187. The molecule has 1 saturated heterocycles. The minimum Gasteiger partial charge on any atom is -0.497 e. The first-order chi connectivity index (χ1) is 26.4. The van der Waals surface area contributed by atoms with Crippen LogP contribution < -0.4 is 20.1 Å². The molecular formula is C39H46FN5O9S. The van der Waals surface area contributed by atoms with Gasteiger partial charge in [0.15, 0.2) is 0 Å². The molecule has 7 rings (SSSR count). The number of carbonyl (C=O) groups is 5. The van der Waals surface area contributed by atoms with Gasteiger partial charge >= 0.3 is 6.09 Å². The molecule has 2 aliphatic carbocycles. The number of carbonyl (C=O) groups excluding carboxylic acids is 5. The Labute approximate surface area is 319 Å². The molecule has 16 heteroatoms. The van der Waals surface area contributed by atoms with E-state index >= 15 is 0 Å². The van der Waals surface area contributed by atoms with Crippen LogP contribution in [0.25, 0.3) is 0 Å². The molecule has 3 aliphatic heterocycles. The number of hydrogen-bond donors (Lipinski definition) is 3. The number of methoxy groups -OCH3 is 1. The van der Waals surface area contributed by atoms with Crippen molar-refractivity contribution in [3.63, 3.8) is 0 Å². The molecule has 5 aliphatic rings. The molecule has 14 nitrogen and oxygen atoms in total. The van der Waals surface area contributed by atoms with Crippen molar-refractivity contribution in [3.8, 4) is 5.75 Å². The first-order valence-corrected chi connectivity index (χ1v) is 20.4. The van der Waals surface area contributed by atoms with Crippen LogP contribution in [0.5, 0.6) is 5.75 Å². The lowest BCUT2D eigenvalue weighted by atomic mass is 10.0. The molecule has 3 heterocycles. The Balaban J connectivity index is 1.13. The smallest absolute Gasteiger partial charge is 0.410 e. The maximum Gasteiger partial charge on any atom is 0.410 e. The van der Waals surface area contributed by atoms with Gasteiger partial charge in [0.25, 0.3) is 5.91 Å². The second-order valence-corrected chi connectivity index (χ2v) is 17.1. The molecule has 5 amide bonds. The lowest BCUT2D eigenvalue weighted by molar-refractivity contribution is -0.142. The third-order valence-corrected chi connectivity index (χ3v) is 13.0. The maximum absolute atomic E-state index is 14.5. The average Bonchev–Trinajstić information content (AvgIpc) is 4.04. The van der Waals surface area contributed by atoms with Crippen molar-refractivity contribution in [3.05, 3.63) is 77.1 Å². The number of nitrogens with one attached hydrogen (secondary N) is 3. The normalized spacial score (nSPS) is 26.7. The molecule has 0 spiro atoms. The number of amides is 5. The van der Waals surface area contributed by atoms with Gasteiger partial charge in [-0.25, -0.2) is 17.6 Å². The number of benzene rings is 2. The Morgan fingerprint density at radius 2 is 1.80 bits per heavy atom. The summed E-state index contributed by atoms with van der Waals surface area (Å²) in [6, 6.07) is 9.36. The molecule has 294 valence electrons. The summed E-state index contributed by atoms with van der Waals surface area (Å²) in [5.74, 6) is -2.78. The van der Waals surface area contributed by atoms with E-state index in [-0.39, 0.29) is 45.3 Å². The van der Waals surface area contributed by atoms with Crippen LogP contribution in [0, 0.1) is 11.7 Å². The molecule has 0 radical (unpaired) electrons. The Morgan fingerprint density at radius 3 is 2.53 bits per heavy atom. The van der Waals surface area contributed by atoms with Gasteiger partial charge in [-0.1, -0.05) is 49.3 Å². The average molecular weight is 780 g/mol. The summed E-state index contributed by atoms with van der Waals surface area (Å²) in [5, 5.41) is 5.02. The summed E-state index contributed by atoms with van der Waals surface area (Å²) in [6.45, 7) is -0.0518. The van der Waals surface area contributed by atoms with Gasteiger partial charge in [0.1, 0.15) is 35.3 Å². The number of nitrogens with zero attached hydrogens (tertiary/aromatic N) is 2. The molecule has 1 unspecified atom stereocenters. The Bertz CT molecular complexity index is 1990. The van der Waals surface area contributed by atoms with Gasteiger partial charge in [-0.3, -0.25) is 28.8 Å². The number of allylic oxidation sites excluding steroid dienone is 1. The van der Waals surface area contributed by atoms with E-state index in [1.54, 1.807) is 43.5 Å². The third-order valence-electron chi connectivity index (χ3n) is 11.2. The zero-order valence-electron chi connectivity index (χ0n) is 30.6. The monoisotopic (exact) mass is 779 g/mol. The number of fused-ring (bicyclic) bond motifs is 3. The van der Waals surface area contributed by atoms with E-state index in [4.69, 9.17) is 9.47 Å². The molecule has 0 bridgehead atoms. The van der Waals surface area contributed by atoms with Crippen molar-refractivity contribution < 1.29 is 46.3 Å². The predicted molar refractivity (Wildman–Crippen MR) is 196 cm³/mol. The van der Waals surface area contributed by atoms with Gasteiger partial charge in [-0.05, 0) is 67.9 Å². The van der Waals surface area contributed by atoms with E-state index in [9.17, 15) is 36.8 Å². The van der Waals surface area contributed by atoms with Crippen LogP contribution >= 0.6 is 0 Å². The van der Waals surface area contributed by atoms with Crippen molar-refractivity contribution in [2.45, 2.75) is 106 Å². The minimum atomic E-state index is -3.93. The topological polar surface area (TPSA) is 181 Å². The third kappa shape index (κ3) is 8.48. The van der Waals surface area contributed by atoms with Crippen LogP contribution in [0.3, 0.4) is 0 Å². The van der Waals surface area contributed by atoms with Gasteiger partial charge in [0, 0.05) is 24.4 Å². The van der Waals surface area contributed by atoms with Crippen LogP contribution in [0.1, 0.15) is 74.5 Å². The number of halogens is 1. The van der Waals surface area contributed by atoms with Gasteiger partial charge in [-0.15, -0.1) is 0 Å². The van der Waals surface area contributed by atoms with E-state index in [0.717, 1.165) is 12.8 Å². The number of sulfonamides is 1. The fourth-order valence-electron chi connectivity index (χ4n) is 7.75. The summed E-state index contributed by atoms with van der Waals surface area (Å²) in [4.78, 5) is 71.8. The van der Waals surface area contributed by atoms with Gasteiger partial charge in [0.05, 0.1) is 31.9 Å². The van der Waals surface area contributed by atoms with Gasteiger partial charge in [0.2, 0.25) is 27.7 Å². The van der Waals surface area contributed by atoms with E-state index in [1.165, 1.54) is 15.9 Å². The summed E-state index contributed by atoms with van der Waals surface area (Å²) < 4.78 is 53.3. The minimum absolute atomic E-state index is 0.00127. The standard InChI is InChI=1S/C39H46FN5O9S/c1-53-27-14-12-24(13-15-27)18-34(46)41-32-11-6-4-2-3-5-9-26-20-39(26,37(49)43-55(51,52)29-16-17-29)42-35(47)33-19-28(22-45(33)36(32)48)54-38(50)44-21-25-8-7-10-31(40)30(25)23-44/h5,7-10,12-15,26,28-29,32-33H,2-4,6,11,16-23H2,1H3,(H,41,46)(H,42,47)(H,43,49)/t26-,28-,32+,33?,39-/m1/s1. The van der Waals surface area contributed by atoms with Crippen LogP contribution in [-0.4, -0.2) is 90.6 Å². The van der Waals surface area contributed by atoms with Crippen LogP contribution in [0.15, 0.2) is 54.6 Å². The molecule has 2 aromatic carbocycles. The molecule has 5 atom stereocenters. The van der Waals surface area contributed by atoms with Gasteiger partial charge < -0.3 is 25.0 Å². The Morgan fingerprint density at radius 1 is 1.02 bits per heavy atom. The quantitative estimate of drug-likeness (QED) is 0.340. The number of ether oxygens (including phenoxy) is 2. The zero-order chi connectivity index (χ0) is 38.9. The van der Waals surface area contributed by atoms with Crippen molar-refractivity contribution in [2.75, 3.05) is 13.7 Å². The molecular weight excluding hydrogens is 734 g/mol. The van der Waals surface area contributed by atoms with Crippen molar-refractivity contribution >= 4 is 39.7 Å². The van der Waals surface area contributed by atoms with E-state index in [0.29, 0.717) is 48.1 Å². The first kappa shape index (κ1) is 38.3. The molecule has 0 aromatic heterocycles. The molecule has 2 aromatic rings. The van der Waals surface area contributed by atoms with Crippen LogP contribution in [-0.2, 0) is 53.4 Å². The number of rotatable bonds is 8. The fourth-order valence-corrected chi connectivity index (χ4v) is 9.11. The second kappa shape index (κ2) is 15.6. The first-order valence-electron chi connectivity index (χ1n) is 18.9. The zero-order valence-corrected chi connectivity index (χ0v) is 31.4. The van der Waals surface area contributed by atoms with Crippen molar-refractivity contribution in [1.29, 1.82) is 0 Å². The summed E-state index contributed by atoms with van der Waals surface area (Å²) >= 11 is 0. The highest BCUT2D eigenvalue weighted by molar-refractivity contribution is 7.91. The lowest BCUT2D eigenvalue weighted by Crippen LogP contribution is -2.58. The summed E-state index contributed by atoms with van der Waals surface area (Å²) in [7, 11) is -2.38. The summed E-state index contributed by atoms with van der Waals surface area (Å²) in [6.07, 6.45) is 6.02. The highest BCUT2D eigenvalue weighted by atomic mass is 32.2. The highest BCUT2D eigenvalue weighted by Crippen LogP contribution is 2.46. The number of hydrogen-bond acceptors (Lipinski definition) is 9. The molecule has 55 heavy (non-hydrogen) atoms. The van der Waals surface area contributed by atoms with Crippen molar-refractivity contribution in [1.82, 2.24) is 25.2 Å². The van der Waals surface area contributed by atoms with Crippen LogP contribution in [0.2, 0.25) is 0 Å². The Kier molecular flexibility index (Phi) is 10.9. The van der Waals surface area contributed by atoms with Crippen molar-refractivity contribution in [2.24, 2.45) is 5.92 Å². The highest BCUT2D eigenvalue weighted by Gasteiger charge is 2.62. The van der Waals surface area contributed by atoms with E-state index in [2.05, 4.69) is 15.4 Å². The second-order valence-electron chi connectivity index (χ2n) is 15.1. The van der Waals surface area contributed by atoms with Gasteiger partial charge in [-0.2, -0.15) is 0 Å². The van der Waals surface area contributed by atoms with E-state index < -0.39 is 80.5 Å². The SMILES string of the molecule is COc1ccc(CC(=O)N[C@H]2CCCCCC=C[C@@H]3C[C@@]3(C(=O)NS(=O)(=O)C3CC3)NC(=O)C3C[C@@H](OC(=O)N4Cc5cccc(F)c5C4)CN3C2=O)cc1. The van der Waals surface area contributed by atoms with Crippen LogP contribution in [0.4, 0.5) is 9.18 Å². The molecule has 3 fully saturated rings. The molecule has 2 saturated carbocycles. The van der Waals surface area contributed by atoms with E-state index in [1.807, 2.05) is 12.2 Å². The largest absolute Gasteiger partial charge is 0.497 e. The predicted octanol–water partition coefficient (Wildman–Crippen LogP) is 2.99. The fraction of sp³-hybridized carbons (Fsp3) is 0.513.